The minimum Gasteiger partial charge on any atom is -0.340 e. The summed E-state index contributed by atoms with van der Waals surface area (Å²) in [6, 6.07) is 0. The molecule has 0 unspecified atom stereocenters. The van der Waals surface area contributed by atoms with Crippen LogP contribution in [0.2, 0.25) is 0 Å². The Hall–Kier alpha value is -0.680. The SMILES string of the molecule is CCN(CC)CCCN1CC(=O)NC1=S. The molecule has 1 amide bonds. The molecule has 0 atom stereocenters. The van der Waals surface area contributed by atoms with Gasteiger partial charge < -0.3 is 15.1 Å². The van der Waals surface area contributed by atoms with E-state index in [2.05, 4.69) is 24.1 Å². The zero-order chi connectivity index (χ0) is 11.3. The van der Waals surface area contributed by atoms with Crippen molar-refractivity contribution in [1.29, 1.82) is 0 Å². The number of thiocarbonyl (C=S) groups is 1. The number of hydrogen-bond acceptors (Lipinski definition) is 3. The molecule has 1 N–H and O–H groups in total. The van der Waals surface area contributed by atoms with Crippen LogP contribution in [0.4, 0.5) is 0 Å². The minimum atomic E-state index is 0.0165. The number of nitrogens with zero attached hydrogens (tertiary/aromatic N) is 2. The van der Waals surface area contributed by atoms with E-state index in [1.165, 1.54) is 0 Å². The second kappa shape index (κ2) is 6.02. The van der Waals surface area contributed by atoms with E-state index < -0.39 is 0 Å². The summed E-state index contributed by atoms with van der Waals surface area (Å²) in [5.74, 6) is 0.0165. The van der Waals surface area contributed by atoms with Gasteiger partial charge in [0.25, 0.3) is 0 Å². The summed E-state index contributed by atoms with van der Waals surface area (Å²) in [6.45, 7) is 8.85. The number of amides is 1. The summed E-state index contributed by atoms with van der Waals surface area (Å²) < 4.78 is 0. The number of rotatable bonds is 6. The fourth-order valence-corrected chi connectivity index (χ4v) is 1.96. The van der Waals surface area contributed by atoms with Gasteiger partial charge >= 0.3 is 0 Å². The average Bonchev–Trinajstić information content (AvgIpc) is 2.52. The Morgan fingerprint density at radius 1 is 1.47 bits per heavy atom. The van der Waals surface area contributed by atoms with Crippen LogP contribution in [0.5, 0.6) is 0 Å². The van der Waals surface area contributed by atoms with Crippen LogP contribution in [0, 0.1) is 0 Å². The molecule has 1 rings (SSSR count). The Bertz CT molecular complexity index is 241. The zero-order valence-corrected chi connectivity index (χ0v) is 10.3. The molecule has 1 saturated heterocycles. The molecule has 1 heterocycles. The molecule has 86 valence electrons. The van der Waals surface area contributed by atoms with E-state index in [9.17, 15) is 4.79 Å². The molecule has 4 nitrogen and oxygen atoms in total. The molecule has 0 saturated carbocycles. The molecule has 0 aromatic rings. The highest BCUT2D eigenvalue weighted by Crippen LogP contribution is 2.01. The zero-order valence-electron chi connectivity index (χ0n) is 9.45. The van der Waals surface area contributed by atoms with Gasteiger partial charge in [0.05, 0.1) is 6.54 Å². The summed E-state index contributed by atoms with van der Waals surface area (Å²) in [6.07, 6.45) is 1.05. The minimum absolute atomic E-state index is 0.0165. The van der Waals surface area contributed by atoms with E-state index in [0.717, 1.165) is 32.6 Å². The third kappa shape index (κ3) is 3.76. The van der Waals surface area contributed by atoms with Crippen LogP contribution in [-0.2, 0) is 4.79 Å². The molecule has 15 heavy (non-hydrogen) atoms. The predicted octanol–water partition coefficient (Wildman–Crippen LogP) is 0.435. The summed E-state index contributed by atoms with van der Waals surface area (Å²) in [7, 11) is 0. The van der Waals surface area contributed by atoms with Crippen molar-refractivity contribution in [3.05, 3.63) is 0 Å². The second-order valence-electron chi connectivity index (χ2n) is 3.66. The van der Waals surface area contributed by atoms with Gasteiger partial charge in [0.1, 0.15) is 0 Å². The quantitative estimate of drug-likeness (QED) is 0.670. The maximum atomic E-state index is 11.0. The summed E-state index contributed by atoms with van der Waals surface area (Å²) in [5.41, 5.74) is 0. The molecule has 1 aliphatic rings. The fourth-order valence-electron chi connectivity index (χ4n) is 1.69. The first-order valence-corrected chi connectivity index (χ1v) is 5.89. The highest BCUT2D eigenvalue weighted by molar-refractivity contribution is 7.80. The Morgan fingerprint density at radius 3 is 2.60 bits per heavy atom. The highest BCUT2D eigenvalue weighted by atomic mass is 32.1. The number of nitrogens with one attached hydrogen (secondary N) is 1. The normalized spacial score (nSPS) is 16.3. The third-order valence-electron chi connectivity index (χ3n) is 2.66. The lowest BCUT2D eigenvalue weighted by atomic mass is 10.3. The Labute approximate surface area is 96.6 Å². The van der Waals surface area contributed by atoms with Crippen molar-refractivity contribution >= 4 is 23.2 Å². The molecule has 0 radical (unpaired) electrons. The number of carbonyl (C=O) groups excluding carboxylic acids is 1. The van der Waals surface area contributed by atoms with Crippen LogP contribution < -0.4 is 5.32 Å². The first kappa shape index (κ1) is 12.4. The topological polar surface area (TPSA) is 35.6 Å². The van der Waals surface area contributed by atoms with Gasteiger partial charge in [-0.05, 0) is 38.3 Å². The monoisotopic (exact) mass is 229 g/mol. The molecular weight excluding hydrogens is 210 g/mol. The van der Waals surface area contributed by atoms with E-state index in [1.807, 2.05) is 4.90 Å². The van der Waals surface area contributed by atoms with Crippen molar-refractivity contribution in [2.24, 2.45) is 0 Å². The van der Waals surface area contributed by atoms with Gasteiger partial charge in [-0.3, -0.25) is 4.79 Å². The number of hydrogen-bond donors (Lipinski definition) is 1. The molecule has 0 spiro atoms. The van der Waals surface area contributed by atoms with Crippen molar-refractivity contribution in [3.8, 4) is 0 Å². The maximum absolute atomic E-state index is 11.0. The van der Waals surface area contributed by atoms with E-state index in [4.69, 9.17) is 12.2 Å². The van der Waals surface area contributed by atoms with E-state index in [1.54, 1.807) is 0 Å². The maximum Gasteiger partial charge on any atom is 0.245 e. The van der Waals surface area contributed by atoms with Crippen molar-refractivity contribution < 1.29 is 4.79 Å². The Morgan fingerprint density at radius 2 is 2.13 bits per heavy atom. The van der Waals surface area contributed by atoms with Crippen LogP contribution in [0.25, 0.3) is 0 Å². The first-order valence-electron chi connectivity index (χ1n) is 5.48. The Balaban J connectivity index is 2.20. The van der Waals surface area contributed by atoms with Gasteiger partial charge in [-0.25, -0.2) is 0 Å². The third-order valence-corrected chi connectivity index (χ3v) is 3.03. The van der Waals surface area contributed by atoms with E-state index >= 15 is 0 Å². The molecule has 0 aromatic heterocycles. The highest BCUT2D eigenvalue weighted by Gasteiger charge is 2.22. The van der Waals surface area contributed by atoms with Gasteiger partial charge in [0, 0.05) is 6.54 Å². The van der Waals surface area contributed by atoms with Crippen LogP contribution in [0.3, 0.4) is 0 Å². The van der Waals surface area contributed by atoms with Crippen molar-refractivity contribution in [2.45, 2.75) is 20.3 Å². The van der Waals surface area contributed by atoms with Gasteiger partial charge in [0.2, 0.25) is 5.91 Å². The van der Waals surface area contributed by atoms with E-state index in [0.29, 0.717) is 11.7 Å². The van der Waals surface area contributed by atoms with Crippen LogP contribution >= 0.6 is 12.2 Å². The van der Waals surface area contributed by atoms with Crippen LogP contribution in [0.15, 0.2) is 0 Å². The smallest absolute Gasteiger partial charge is 0.245 e. The lowest BCUT2D eigenvalue weighted by molar-refractivity contribution is -0.118. The van der Waals surface area contributed by atoms with Gasteiger partial charge in [-0.1, -0.05) is 13.8 Å². The first-order chi connectivity index (χ1) is 7.17. The molecule has 0 aliphatic carbocycles. The standard InChI is InChI=1S/C10H19N3OS/c1-3-12(4-2)6-5-7-13-8-9(14)11-10(13)15/h3-8H2,1-2H3,(H,11,14,15). The van der Waals surface area contributed by atoms with Gasteiger partial charge in [-0.15, -0.1) is 0 Å². The van der Waals surface area contributed by atoms with Crippen molar-refractivity contribution in [2.75, 3.05) is 32.7 Å². The second-order valence-corrected chi connectivity index (χ2v) is 4.04. The van der Waals surface area contributed by atoms with Gasteiger partial charge in [0.15, 0.2) is 5.11 Å². The molecule has 1 fully saturated rings. The lowest BCUT2D eigenvalue weighted by Gasteiger charge is -2.20. The predicted molar refractivity (Wildman–Crippen MR) is 64.7 cm³/mol. The fraction of sp³-hybridized carbons (Fsp3) is 0.800. The molecule has 0 aromatic carbocycles. The van der Waals surface area contributed by atoms with E-state index in [-0.39, 0.29) is 5.91 Å². The van der Waals surface area contributed by atoms with Crippen molar-refractivity contribution in [3.63, 3.8) is 0 Å². The summed E-state index contributed by atoms with van der Waals surface area (Å²) in [5, 5.41) is 3.22. The summed E-state index contributed by atoms with van der Waals surface area (Å²) >= 11 is 5.03. The van der Waals surface area contributed by atoms with Gasteiger partial charge in [-0.2, -0.15) is 0 Å². The number of carbonyl (C=O) groups is 1. The Kier molecular flexibility index (Phi) is 4.98. The molecular formula is C10H19N3OS. The average molecular weight is 229 g/mol. The largest absolute Gasteiger partial charge is 0.340 e. The molecule has 1 aliphatic heterocycles. The molecule has 5 heteroatoms. The molecule has 0 bridgehead atoms. The summed E-state index contributed by atoms with van der Waals surface area (Å²) in [4.78, 5) is 15.3. The van der Waals surface area contributed by atoms with Crippen LogP contribution in [-0.4, -0.2) is 53.5 Å². The van der Waals surface area contributed by atoms with Crippen LogP contribution in [0.1, 0.15) is 20.3 Å². The lowest BCUT2D eigenvalue weighted by Crippen LogP contribution is -2.32. The van der Waals surface area contributed by atoms with Crippen molar-refractivity contribution in [1.82, 2.24) is 15.1 Å².